The predicted octanol–water partition coefficient (Wildman–Crippen LogP) is 3.53. The lowest BCUT2D eigenvalue weighted by Crippen LogP contribution is -2.50. The number of halogens is 3. The van der Waals surface area contributed by atoms with Crippen LogP contribution in [0, 0.1) is 0 Å². The van der Waals surface area contributed by atoms with Crippen LogP contribution in [0.3, 0.4) is 0 Å². The first kappa shape index (κ1) is 20.5. The summed E-state index contributed by atoms with van der Waals surface area (Å²) in [5.74, 6) is -0.294. The number of morpholine rings is 1. The van der Waals surface area contributed by atoms with Gasteiger partial charge in [-0.25, -0.2) is 4.79 Å². The molecule has 0 saturated carbocycles. The van der Waals surface area contributed by atoms with Gasteiger partial charge in [-0.1, -0.05) is 19.6 Å². The van der Waals surface area contributed by atoms with E-state index in [1.54, 1.807) is 6.07 Å². The predicted molar refractivity (Wildman–Crippen MR) is 101 cm³/mol. The number of carboxylic acid groups (broad SMARTS) is 1. The van der Waals surface area contributed by atoms with E-state index in [0.717, 1.165) is 10.9 Å². The van der Waals surface area contributed by atoms with Gasteiger partial charge < -0.3 is 24.5 Å². The minimum Gasteiger partial charge on any atom is -0.465 e. The van der Waals surface area contributed by atoms with Gasteiger partial charge in [-0.05, 0) is 30.2 Å². The van der Waals surface area contributed by atoms with Crippen molar-refractivity contribution in [3.8, 4) is 5.75 Å². The molecule has 154 valence electrons. The lowest BCUT2D eigenvalue weighted by molar-refractivity contribution is -0.274. The first-order valence-electron chi connectivity index (χ1n) is 8.94. The standard InChI is InChI=1S/C18H23F3N2O4Si/c1-28(2,3)16-14(8-11-10-26-7-6-23(11)17(24)25)13-9-12(27-18(19,20)21)4-5-15(13)22-16/h4-5,9,11,22H,6-8,10H2,1-3H3,(H,24,25)/t11-/m0/s1. The summed E-state index contributed by atoms with van der Waals surface area (Å²) in [7, 11) is -1.88. The van der Waals surface area contributed by atoms with Gasteiger partial charge in [0.05, 0.1) is 27.3 Å². The lowest BCUT2D eigenvalue weighted by atomic mass is 10.0. The van der Waals surface area contributed by atoms with Crippen LogP contribution in [-0.2, 0) is 11.2 Å². The molecule has 6 nitrogen and oxygen atoms in total. The van der Waals surface area contributed by atoms with Gasteiger partial charge in [-0.3, -0.25) is 0 Å². The number of alkyl halides is 3. The summed E-state index contributed by atoms with van der Waals surface area (Å²) >= 11 is 0. The molecule has 2 aromatic rings. The number of carbonyl (C=O) groups is 1. The molecule has 1 aromatic heterocycles. The fraction of sp³-hybridized carbons (Fsp3) is 0.500. The van der Waals surface area contributed by atoms with Crippen molar-refractivity contribution >= 4 is 30.4 Å². The van der Waals surface area contributed by atoms with Crippen LogP contribution in [0.25, 0.3) is 10.9 Å². The zero-order valence-electron chi connectivity index (χ0n) is 15.9. The van der Waals surface area contributed by atoms with E-state index in [1.807, 2.05) is 0 Å². The van der Waals surface area contributed by atoms with E-state index in [9.17, 15) is 23.1 Å². The number of amides is 1. The highest BCUT2D eigenvalue weighted by atomic mass is 28.3. The Morgan fingerprint density at radius 1 is 1.39 bits per heavy atom. The summed E-state index contributed by atoms with van der Waals surface area (Å²) in [5, 5.41) is 11.1. The summed E-state index contributed by atoms with van der Waals surface area (Å²) in [4.78, 5) is 16.3. The number of rotatable bonds is 4. The van der Waals surface area contributed by atoms with Crippen LogP contribution in [0.2, 0.25) is 19.6 Å². The molecule has 1 aromatic carbocycles. The minimum atomic E-state index is -4.77. The molecule has 1 aliphatic heterocycles. The molecule has 1 aliphatic rings. The van der Waals surface area contributed by atoms with E-state index in [-0.39, 0.29) is 18.9 Å². The zero-order valence-corrected chi connectivity index (χ0v) is 16.9. The third kappa shape index (κ3) is 4.44. The van der Waals surface area contributed by atoms with Crippen LogP contribution in [0.15, 0.2) is 18.2 Å². The molecule has 0 spiro atoms. The number of aromatic nitrogens is 1. The van der Waals surface area contributed by atoms with Crippen molar-refractivity contribution in [1.29, 1.82) is 0 Å². The molecule has 1 atom stereocenters. The van der Waals surface area contributed by atoms with Crippen LogP contribution < -0.4 is 10.1 Å². The van der Waals surface area contributed by atoms with E-state index in [1.165, 1.54) is 17.0 Å². The second kappa shape index (κ2) is 7.32. The number of aromatic amines is 1. The number of hydrogen-bond acceptors (Lipinski definition) is 3. The molecule has 1 fully saturated rings. The Balaban J connectivity index is 2.06. The second-order valence-corrected chi connectivity index (χ2v) is 12.9. The molecule has 1 saturated heterocycles. The number of nitrogens with zero attached hydrogens (tertiary/aromatic N) is 1. The molecular weight excluding hydrogens is 393 g/mol. The first-order chi connectivity index (χ1) is 13.0. The maximum atomic E-state index is 12.6. The molecule has 0 radical (unpaired) electrons. The minimum absolute atomic E-state index is 0.253. The van der Waals surface area contributed by atoms with Crippen LogP contribution in [0.4, 0.5) is 18.0 Å². The summed E-state index contributed by atoms with van der Waals surface area (Å²) in [5.41, 5.74) is 1.55. The lowest BCUT2D eigenvalue weighted by Gasteiger charge is -2.34. The molecule has 0 unspecified atom stereocenters. The van der Waals surface area contributed by atoms with Crippen molar-refractivity contribution in [2.45, 2.75) is 38.5 Å². The van der Waals surface area contributed by atoms with Crippen LogP contribution in [0.5, 0.6) is 5.75 Å². The molecule has 2 N–H and O–H groups in total. The van der Waals surface area contributed by atoms with Gasteiger partial charge in [-0.2, -0.15) is 0 Å². The van der Waals surface area contributed by atoms with E-state index in [0.29, 0.717) is 23.9 Å². The van der Waals surface area contributed by atoms with Gasteiger partial charge in [0.2, 0.25) is 0 Å². The van der Waals surface area contributed by atoms with Crippen LogP contribution in [-0.4, -0.2) is 61.3 Å². The Morgan fingerprint density at radius 3 is 2.71 bits per heavy atom. The molecule has 28 heavy (non-hydrogen) atoms. The number of H-pyrrole nitrogens is 1. The van der Waals surface area contributed by atoms with Gasteiger partial charge in [0.25, 0.3) is 0 Å². The van der Waals surface area contributed by atoms with E-state index in [4.69, 9.17) is 4.74 Å². The Bertz CT molecular complexity index is 876. The second-order valence-electron chi connectivity index (χ2n) is 7.89. The van der Waals surface area contributed by atoms with Gasteiger partial charge in [0.15, 0.2) is 0 Å². The molecule has 0 bridgehead atoms. The van der Waals surface area contributed by atoms with E-state index < -0.39 is 26.6 Å². The molecule has 2 heterocycles. The van der Waals surface area contributed by atoms with Crippen LogP contribution in [0.1, 0.15) is 5.56 Å². The fourth-order valence-electron chi connectivity index (χ4n) is 3.59. The van der Waals surface area contributed by atoms with Crippen molar-refractivity contribution in [3.05, 3.63) is 23.8 Å². The van der Waals surface area contributed by atoms with Crippen molar-refractivity contribution in [3.63, 3.8) is 0 Å². The average molecular weight is 416 g/mol. The molecule has 3 rings (SSSR count). The van der Waals surface area contributed by atoms with Gasteiger partial charge in [-0.15, -0.1) is 13.2 Å². The zero-order chi connectivity index (χ0) is 20.7. The Morgan fingerprint density at radius 2 is 2.11 bits per heavy atom. The van der Waals surface area contributed by atoms with E-state index >= 15 is 0 Å². The SMILES string of the molecule is C[Si](C)(C)c1[nH]c2ccc(OC(F)(F)F)cc2c1C[C@H]1COCCN1C(=O)O. The maximum Gasteiger partial charge on any atom is 0.573 e. The summed E-state index contributed by atoms with van der Waals surface area (Å²) in [6.45, 7) is 7.24. The van der Waals surface area contributed by atoms with Crippen molar-refractivity contribution in [2.75, 3.05) is 19.8 Å². The van der Waals surface area contributed by atoms with Crippen molar-refractivity contribution in [2.24, 2.45) is 0 Å². The van der Waals surface area contributed by atoms with Gasteiger partial charge in [0.1, 0.15) is 5.75 Å². The van der Waals surface area contributed by atoms with Crippen LogP contribution >= 0.6 is 0 Å². The number of hydrogen-bond donors (Lipinski definition) is 2. The smallest absolute Gasteiger partial charge is 0.465 e. The first-order valence-corrected chi connectivity index (χ1v) is 12.4. The molecule has 10 heteroatoms. The number of benzene rings is 1. The monoisotopic (exact) mass is 416 g/mol. The molecular formula is C18H23F3N2O4Si. The number of fused-ring (bicyclic) bond motifs is 1. The fourth-order valence-corrected chi connectivity index (χ4v) is 5.24. The summed E-state index contributed by atoms with van der Waals surface area (Å²) in [6.07, 6.45) is -5.44. The largest absolute Gasteiger partial charge is 0.573 e. The third-order valence-electron chi connectivity index (χ3n) is 4.77. The van der Waals surface area contributed by atoms with Gasteiger partial charge in [0, 0.05) is 22.8 Å². The highest BCUT2D eigenvalue weighted by molar-refractivity contribution is 6.88. The number of ether oxygens (including phenoxy) is 2. The Hall–Kier alpha value is -2.20. The van der Waals surface area contributed by atoms with Crippen molar-refractivity contribution in [1.82, 2.24) is 9.88 Å². The van der Waals surface area contributed by atoms with Crippen molar-refractivity contribution < 1.29 is 32.5 Å². The molecule has 1 amide bonds. The summed E-state index contributed by atoms with van der Waals surface area (Å²) < 4.78 is 47.5. The third-order valence-corrected chi connectivity index (χ3v) is 6.70. The Labute approximate surface area is 161 Å². The molecule has 0 aliphatic carbocycles. The Kier molecular flexibility index (Phi) is 5.37. The number of nitrogens with one attached hydrogen (secondary N) is 1. The average Bonchev–Trinajstić information content (AvgIpc) is 2.92. The topological polar surface area (TPSA) is 74.8 Å². The summed E-state index contributed by atoms with van der Waals surface area (Å²) in [6, 6.07) is 3.81. The highest BCUT2D eigenvalue weighted by Gasteiger charge is 2.33. The van der Waals surface area contributed by atoms with Gasteiger partial charge >= 0.3 is 12.5 Å². The maximum absolute atomic E-state index is 12.6. The normalized spacial score (nSPS) is 18.5. The quantitative estimate of drug-likeness (QED) is 0.748. The van der Waals surface area contributed by atoms with E-state index in [2.05, 4.69) is 29.4 Å². The highest BCUT2D eigenvalue weighted by Crippen LogP contribution is 2.30.